The SMILES string of the molecule is c1ccc(-c2ccc(N(c3ccccc3)c3cccc4oc5cc6c(cc5c34)oc3cccc(-c4ccccc4)c36)cc2)cc1. The molecule has 0 bridgehead atoms. The van der Waals surface area contributed by atoms with Crippen LogP contribution < -0.4 is 4.90 Å². The van der Waals surface area contributed by atoms with Crippen LogP contribution in [0.5, 0.6) is 0 Å². The van der Waals surface area contributed by atoms with Gasteiger partial charge in [-0.2, -0.15) is 0 Å². The summed E-state index contributed by atoms with van der Waals surface area (Å²) in [5.41, 5.74) is 11.3. The van der Waals surface area contributed by atoms with Crippen LogP contribution in [0.1, 0.15) is 0 Å². The molecule has 0 aliphatic carbocycles. The van der Waals surface area contributed by atoms with Gasteiger partial charge in [-0.15, -0.1) is 0 Å². The van der Waals surface area contributed by atoms with Crippen LogP contribution in [0.3, 0.4) is 0 Å². The van der Waals surface area contributed by atoms with Gasteiger partial charge in [-0.1, -0.05) is 109 Å². The Labute approximate surface area is 260 Å². The van der Waals surface area contributed by atoms with Crippen molar-refractivity contribution < 1.29 is 8.83 Å². The van der Waals surface area contributed by atoms with Gasteiger partial charge in [0.1, 0.15) is 22.3 Å². The number of anilines is 3. The molecule has 0 aliphatic heterocycles. The largest absolute Gasteiger partial charge is 0.456 e. The van der Waals surface area contributed by atoms with Crippen molar-refractivity contribution in [2.75, 3.05) is 4.90 Å². The maximum Gasteiger partial charge on any atom is 0.137 e. The summed E-state index contributed by atoms with van der Waals surface area (Å²) in [6, 6.07) is 57.1. The zero-order chi connectivity index (χ0) is 29.7. The minimum absolute atomic E-state index is 0.836. The van der Waals surface area contributed by atoms with Crippen LogP contribution >= 0.6 is 0 Å². The summed E-state index contributed by atoms with van der Waals surface area (Å²) >= 11 is 0. The van der Waals surface area contributed by atoms with Gasteiger partial charge < -0.3 is 13.7 Å². The summed E-state index contributed by atoms with van der Waals surface area (Å²) in [6.45, 7) is 0. The van der Waals surface area contributed by atoms with Crippen molar-refractivity contribution in [3.8, 4) is 22.3 Å². The number of benzene rings is 7. The quantitative estimate of drug-likeness (QED) is 0.204. The Bertz CT molecular complexity index is 2460. The van der Waals surface area contributed by atoms with E-state index in [0.29, 0.717) is 0 Å². The normalized spacial score (nSPS) is 11.6. The van der Waals surface area contributed by atoms with Crippen LogP contribution in [0.25, 0.3) is 66.1 Å². The van der Waals surface area contributed by atoms with Gasteiger partial charge in [0.25, 0.3) is 0 Å². The van der Waals surface area contributed by atoms with Crippen LogP contribution in [-0.2, 0) is 0 Å². The number of hydrogen-bond donors (Lipinski definition) is 0. The van der Waals surface area contributed by atoms with E-state index in [-0.39, 0.29) is 0 Å². The van der Waals surface area contributed by atoms with Crippen molar-refractivity contribution in [1.29, 1.82) is 0 Å². The van der Waals surface area contributed by atoms with Gasteiger partial charge in [0.05, 0.1) is 11.1 Å². The second kappa shape index (κ2) is 10.3. The fraction of sp³-hybridized carbons (Fsp3) is 0. The first-order valence-electron chi connectivity index (χ1n) is 15.2. The highest BCUT2D eigenvalue weighted by Gasteiger charge is 2.21. The van der Waals surface area contributed by atoms with E-state index < -0.39 is 0 Å². The summed E-state index contributed by atoms with van der Waals surface area (Å²) in [7, 11) is 0. The maximum atomic E-state index is 6.60. The average molecular weight is 578 g/mol. The summed E-state index contributed by atoms with van der Waals surface area (Å²) < 4.78 is 13.1. The highest BCUT2D eigenvalue weighted by atomic mass is 16.3. The second-order valence-corrected chi connectivity index (χ2v) is 11.3. The molecule has 9 rings (SSSR count). The molecular formula is C42H27NO2. The fourth-order valence-corrected chi connectivity index (χ4v) is 6.61. The van der Waals surface area contributed by atoms with E-state index in [9.17, 15) is 0 Å². The van der Waals surface area contributed by atoms with Gasteiger partial charge in [-0.25, -0.2) is 0 Å². The molecule has 7 aromatic carbocycles. The minimum atomic E-state index is 0.836. The van der Waals surface area contributed by atoms with Crippen molar-refractivity contribution in [3.63, 3.8) is 0 Å². The van der Waals surface area contributed by atoms with Crippen molar-refractivity contribution in [3.05, 3.63) is 164 Å². The molecular weight excluding hydrogens is 550 g/mol. The van der Waals surface area contributed by atoms with E-state index in [1.807, 2.05) is 18.2 Å². The summed E-state index contributed by atoms with van der Waals surface area (Å²) in [5, 5.41) is 4.23. The minimum Gasteiger partial charge on any atom is -0.456 e. The van der Waals surface area contributed by atoms with E-state index in [4.69, 9.17) is 8.83 Å². The Morgan fingerprint density at radius 1 is 0.356 bits per heavy atom. The van der Waals surface area contributed by atoms with Crippen molar-refractivity contribution >= 4 is 60.9 Å². The lowest BCUT2D eigenvalue weighted by molar-refractivity contribution is 0.664. The maximum absolute atomic E-state index is 6.60. The van der Waals surface area contributed by atoms with Gasteiger partial charge in [-0.05, 0) is 76.9 Å². The van der Waals surface area contributed by atoms with Crippen LogP contribution in [0.2, 0.25) is 0 Å². The Morgan fingerprint density at radius 3 is 1.53 bits per heavy atom. The Balaban J connectivity index is 1.26. The molecule has 0 aliphatic rings. The number of furan rings is 2. The van der Waals surface area contributed by atoms with Crippen LogP contribution in [-0.4, -0.2) is 0 Å². The summed E-state index contributed by atoms with van der Waals surface area (Å²) in [6.07, 6.45) is 0. The number of para-hydroxylation sites is 1. The van der Waals surface area contributed by atoms with E-state index in [1.54, 1.807) is 0 Å². The first-order chi connectivity index (χ1) is 22.3. The lowest BCUT2D eigenvalue weighted by Gasteiger charge is -2.26. The Hall–Kier alpha value is -6.06. The number of nitrogens with zero attached hydrogens (tertiary/aromatic N) is 1. The monoisotopic (exact) mass is 577 g/mol. The molecule has 0 amide bonds. The smallest absolute Gasteiger partial charge is 0.137 e. The van der Waals surface area contributed by atoms with Gasteiger partial charge in [0.2, 0.25) is 0 Å². The van der Waals surface area contributed by atoms with E-state index in [0.717, 1.165) is 72.1 Å². The Kier molecular flexibility index (Phi) is 5.82. The first kappa shape index (κ1) is 25.4. The van der Waals surface area contributed by atoms with E-state index >= 15 is 0 Å². The molecule has 0 N–H and O–H groups in total. The van der Waals surface area contributed by atoms with Crippen molar-refractivity contribution in [2.45, 2.75) is 0 Å². The number of rotatable bonds is 5. The molecule has 0 saturated carbocycles. The molecule has 0 unspecified atom stereocenters. The standard InChI is InChI=1S/C42H27NO2/c1-4-12-28(13-5-1)29-22-24-32(25-23-29)43(31-16-8-3-9-17-31)36-19-11-21-38-42(36)35-27-39-34(26-40(35)45-38)41-33(18-10-20-37(41)44-39)30-14-6-2-7-15-30/h1-27H. The van der Waals surface area contributed by atoms with Crippen LogP contribution in [0, 0.1) is 0 Å². The molecule has 0 saturated heterocycles. The topological polar surface area (TPSA) is 29.5 Å². The molecule has 0 atom stereocenters. The lowest BCUT2D eigenvalue weighted by Crippen LogP contribution is -2.10. The molecule has 3 nitrogen and oxygen atoms in total. The van der Waals surface area contributed by atoms with Crippen LogP contribution in [0.4, 0.5) is 17.1 Å². The van der Waals surface area contributed by atoms with Crippen molar-refractivity contribution in [2.24, 2.45) is 0 Å². The second-order valence-electron chi connectivity index (χ2n) is 11.3. The van der Waals surface area contributed by atoms with E-state index in [1.165, 1.54) is 11.1 Å². The first-order valence-corrected chi connectivity index (χ1v) is 15.2. The molecule has 212 valence electrons. The lowest BCUT2D eigenvalue weighted by atomic mass is 9.99. The highest BCUT2D eigenvalue weighted by molar-refractivity contribution is 6.20. The van der Waals surface area contributed by atoms with Crippen molar-refractivity contribution in [1.82, 2.24) is 0 Å². The van der Waals surface area contributed by atoms with Gasteiger partial charge in [0.15, 0.2) is 0 Å². The predicted molar refractivity (Wildman–Crippen MR) is 187 cm³/mol. The number of hydrogen-bond acceptors (Lipinski definition) is 3. The molecule has 0 radical (unpaired) electrons. The summed E-state index contributed by atoms with van der Waals surface area (Å²) in [4.78, 5) is 2.31. The molecule has 3 heteroatoms. The van der Waals surface area contributed by atoms with Gasteiger partial charge in [0, 0.05) is 27.5 Å². The molecule has 9 aromatic rings. The fourth-order valence-electron chi connectivity index (χ4n) is 6.61. The molecule has 0 fully saturated rings. The molecule has 45 heavy (non-hydrogen) atoms. The van der Waals surface area contributed by atoms with Crippen LogP contribution in [0.15, 0.2) is 173 Å². The van der Waals surface area contributed by atoms with Gasteiger partial charge in [-0.3, -0.25) is 0 Å². The average Bonchev–Trinajstić information content (AvgIpc) is 3.66. The zero-order valence-corrected chi connectivity index (χ0v) is 24.4. The predicted octanol–water partition coefficient (Wildman–Crippen LogP) is 12.3. The summed E-state index contributed by atoms with van der Waals surface area (Å²) in [5.74, 6) is 0. The molecule has 2 heterocycles. The zero-order valence-electron chi connectivity index (χ0n) is 24.4. The molecule has 0 spiro atoms. The third kappa shape index (κ3) is 4.21. The van der Waals surface area contributed by atoms with E-state index in [2.05, 4.69) is 150 Å². The Morgan fingerprint density at radius 2 is 0.867 bits per heavy atom. The van der Waals surface area contributed by atoms with Gasteiger partial charge >= 0.3 is 0 Å². The third-order valence-electron chi connectivity index (χ3n) is 8.66. The third-order valence-corrected chi connectivity index (χ3v) is 8.66. The highest BCUT2D eigenvalue weighted by Crippen LogP contribution is 2.45. The number of fused-ring (bicyclic) bond motifs is 6. The molecule has 2 aromatic heterocycles.